The molecule has 13 nitrogen and oxygen atoms in total. The highest BCUT2D eigenvalue weighted by molar-refractivity contribution is 5.89. The Bertz CT molecular complexity index is 1540. The number of fused-ring (bicyclic) bond motifs is 1. The summed E-state index contributed by atoms with van der Waals surface area (Å²) in [6.45, 7) is 5.24. The highest BCUT2D eigenvalue weighted by atomic mass is 16.5. The molecule has 0 spiro atoms. The first-order valence-electron chi connectivity index (χ1n) is 13.2. The standard InChI is InChI=1S/C25H28N6O3.C4H4O4/c1-17-28-29-25(34-17)18-2-4-20(5-3-18)30-10-12-31(13-11-30)24(32)16-33-21-6-7-23-22(14-21)19(8-9-26)15-27-23;5-3(6)1-2-4(7)8/h2-7,14-15,27H,8-13,16,26H2,1H3;1-2H,(H,5,6)(H,7,8). The van der Waals surface area contributed by atoms with Crippen molar-refractivity contribution >= 4 is 34.4 Å². The average Bonchev–Trinajstić information content (AvgIpc) is 3.61. The number of aryl methyl sites for hydroxylation is 1. The Morgan fingerprint density at radius 3 is 2.31 bits per heavy atom. The summed E-state index contributed by atoms with van der Waals surface area (Å²) in [6.07, 6.45) is 3.89. The van der Waals surface area contributed by atoms with Crippen molar-refractivity contribution in [2.24, 2.45) is 5.73 Å². The quantitative estimate of drug-likeness (QED) is 0.214. The Hall–Kier alpha value is -5.17. The molecule has 0 radical (unpaired) electrons. The third-order valence-electron chi connectivity index (χ3n) is 6.52. The zero-order valence-electron chi connectivity index (χ0n) is 23.0. The summed E-state index contributed by atoms with van der Waals surface area (Å²) < 4.78 is 11.3. The van der Waals surface area contributed by atoms with Crippen molar-refractivity contribution in [1.82, 2.24) is 20.1 Å². The first kappa shape index (κ1) is 29.8. The Labute approximate surface area is 241 Å². The van der Waals surface area contributed by atoms with E-state index in [1.54, 1.807) is 6.92 Å². The van der Waals surface area contributed by atoms with Gasteiger partial charge in [0.25, 0.3) is 5.91 Å². The maximum absolute atomic E-state index is 12.7. The van der Waals surface area contributed by atoms with Crippen LogP contribution in [0.25, 0.3) is 22.4 Å². The van der Waals surface area contributed by atoms with Crippen molar-refractivity contribution < 1.29 is 33.8 Å². The fraction of sp³-hybridized carbons (Fsp3) is 0.276. The molecule has 0 atom stereocenters. The van der Waals surface area contributed by atoms with Crippen LogP contribution in [0.5, 0.6) is 5.75 Å². The summed E-state index contributed by atoms with van der Waals surface area (Å²) in [6, 6.07) is 13.9. The van der Waals surface area contributed by atoms with Crippen LogP contribution in [0.2, 0.25) is 0 Å². The van der Waals surface area contributed by atoms with Gasteiger partial charge in [0.1, 0.15) is 5.75 Å². The summed E-state index contributed by atoms with van der Waals surface area (Å²) in [4.78, 5) is 39.2. The van der Waals surface area contributed by atoms with Gasteiger partial charge in [0.05, 0.1) is 0 Å². The predicted octanol–water partition coefficient (Wildman–Crippen LogP) is 2.47. The van der Waals surface area contributed by atoms with Crippen LogP contribution >= 0.6 is 0 Å². The number of nitrogens with two attached hydrogens (primary N) is 1. The van der Waals surface area contributed by atoms with Gasteiger partial charge in [-0.1, -0.05) is 0 Å². The van der Waals surface area contributed by atoms with Gasteiger partial charge in [0.2, 0.25) is 11.8 Å². The number of carbonyl (C=O) groups is 3. The SMILES string of the molecule is Cc1nnc(-c2ccc(N3CCN(C(=O)COc4ccc5[nH]cc(CCN)c5c4)CC3)cc2)o1.O=C(O)C=CC(=O)O. The number of nitrogens with one attached hydrogen (secondary N) is 1. The number of carbonyl (C=O) groups excluding carboxylic acids is 1. The van der Waals surface area contributed by atoms with E-state index in [4.69, 9.17) is 25.1 Å². The number of ether oxygens (including phenoxy) is 1. The lowest BCUT2D eigenvalue weighted by Crippen LogP contribution is -2.50. The van der Waals surface area contributed by atoms with Crippen LogP contribution in [0.1, 0.15) is 11.5 Å². The summed E-state index contributed by atoms with van der Waals surface area (Å²) >= 11 is 0. The second-order valence-electron chi connectivity index (χ2n) is 9.40. The molecule has 42 heavy (non-hydrogen) atoms. The zero-order valence-corrected chi connectivity index (χ0v) is 23.0. The first-order chi connectivity index (χ1) is 20.2. The van der Waals surface area contributed by atoms with Gasteiger partial charge in [0, 0.05) is 73.6 Å². The molecular formula is C29H32N6O7. The van der Waals surface area contributed by atoms with Gasteiger partial charge in [0.15, 0.2) is 6.61 Å². The van der Waals surface area contributed by atoms with Gasteiger partial charge >= 0.3 is 11.9 Å². The molecule has 0 bridgehead atoms. The molecule has 2 aromatic carbocycles. The maximum atomic E-state index is 12.7. The van der Waals surface area contributed by atoms with Gasteiger partial charge in [-0.2, -0.15) is 0 Å². The van der Waals surface area contributed by atoms with Crippen LogP contribution in [0.4, 0.5) is 5.69 Å². The van der Waals surface area contributed by atoms with Crippen LogP contribution in [0.3, 0.4) is 0 Å². The summed E-state index contributed by atoms with van der Waals surface area (Å²) in [5.41, 5.74) is 9.90. The Morgan fingerprint density at radius 2 is 1.71 bits per heavy atom. The highest BCUT2D eigenvalue weighted by Gasteiger charge is 2.22. The second kappa shape index (κ2) is 13.9. The van der Waals surface area contributed by atoms with Gasteiger partial charge in [-0.25, -0.2) is 9.59 Å². The number of anilines is 1. The molecule has 1 fully saturated rings. The number of rotatable bonds is 9. The molecule has 1 aliphatic rings. The van der Waals surface area contributed by atoms with Crippen molar-refractivity contribution in [1.29, 1.82) is 0 Å². The van der Waals surface area contributed by atoms with Crippen molar-refractivity contribution in [3.8, 4) is 17.2 Å². The van der Waals surface area contributed by atoms with Gasteiger partial charge in [-0.15, -0.1) is 10.2 Å². The monoisotopic (exact) mass is 576 g/mol. The van der Waals surface area contributed by atoms with Crippen LogP contribution in [0.15, 0.2) is 65.2 Å². The van der Waals surface area contributed by atoms with Crippen LogP contribution in [0, 0.1) is 6.92 Å². The third-order valence-corrected chi connectivity index (χ3v) is 6.52. The smallest absolute Gasteiger partial charge is 0.328 e. The lowest BCUT2D eigenvalue weighted by atomic mass is 10.1. The molecular weight excluding hydrogens is 544 g/mol. The van der Waals surface area contributed by atoms with E-state index >= 15 is 0 Å². The minimum absolute atomic E-state index is 0.00175. The number of hydrogen-bond donors (Lipinski definition) is 4. The molecule has 1 aliphatic heterocycles. The minimum Gasteiger partial charge on any atom is -0.484 e. The molecule has 1 saturated heterocycles. The van der Waals surface area contributed by atoms with E-state index in [0.29, 0.717) is 49.3 Å². The molecule has 0 aliphatic carbocycles. The van der Waals surface area contributed by atoms with Gasteiger partial charge in [-0.05, 0) is 61.0 Å². The normalized spacial score (nSPS) is 13.2. The van der Waals surface area contributed by atoms with Crippen molar-refractivity contribution in [3.63, 3.8) is 0 Å². The number of benzene rings is 2. The largest absolute Gasteiger partial charge is 0.484 e. The minimum atomic E-state index is -1.26. The molecule has 3 heterocycles. The highest BCUT2D eigenvalue weighted by Crippen LogP contribution is 2.25. The number of nitrogens with zero attached hydrogens (tertiary/aromatic N) is 4. The summed E-state index contributed by atoms with van der Waals surface area (Å²) in [5, 5.41) is 24.6. The number of carboxylic acids is 2. The van der Waals surface area contributed by atoms with Crippen molar-refractivity contribution in [2.75, 3.05) is 44.2 Å². The average molecular weight is 577 g/mol. The van der Waals surface area contributed by atoms with E-state index in [2.05, 4.69) is 20.1 Å². The number of amides is 1. The Balaban J connectivity index is 0.000000446. The van der Waals surface area contributed by atoms with Gasteiger partial charge in [-0.3, -0.25) is 4.79 Å². The predicted molar refractivity (Wildman–Crippen MR) is 154 cm³/mol. The van der Waals surface area contributed by atoms with E-state index < -0.39 is 11.9 Å². The molecule has 4 aromatic rings. The number of aromatic amines is 1. The number of aromatic nitrogens is 3. The zero-order chi connectivity index (χ0) is 30.1. The fourth-order valence-corrected chi connectivity index (χ4v) is 4.43. The van der Waals surface area contributed by atoms with Crippen molar-refractivity contribution in [2.45, 2.75) is 13.3 Å². The number of aliphatic carboxylic acids is 2. The molecule has 0 saturated carbocycles. The molecule has 13 heteroatoms. The maximum Gasteiger partial charge on any atom is 0.328 e. The van der Waals surface area contributed by atoms with E-state index in [1.165, 1.54) is 0 Å². The van der Waals surface area contributed by atoms with E-state index in [-0.39, 0.29) is 12.5 Å². The number of H-pyrrole nitrogens is 1. The Morgan fingerprint density at radius 1 is 1.02 bits per heavy atom. The van der Waals surface area contributed by atoms with Crippen molar-refractivity contribution in [3.05, 3.63) is 72.3 Å². The molecule has 2 aromatic heterocycles. The lowest BCUT2D eigenvalue weighted by molar-refractivity contribution is -0.134. The molecule has 1 amide bonds. The number of carboxylic acid groups (broad SMARTS) is 2. The van der Waals surface area contributed by atoms with Crippen LogP contribution in [-0.2, 0) is 20.8 Å². The van der Waals surface area contributed by atoms with Gasteiger partial charge < -0.3 is 39.9 Å². The molecule has 0 unspecified atom stereocenters. The summed E-state index contributed by atoms with van der Waals surface area (Å²) in [5.74, 6) is -0.761. The van der Waals surface area contributed by atoms with E-state index in [9.17, 15) is 14.4 Å². The molecule has 220 valence electrons. The topological polar surface area (TPSA) is 188 Å². The molecule has 5 rings (SSSR count). The van der Waals surface area contributed by atoms with Crippen LogP contribution < -0.4 is 15.4 Å². The molecule has 5 N–H and O–H groups in total. The first-order valence-corrected chi connectivity index (χ1v) is 13.2. The third kappa shape index (κ3) is 7.95. The number of hydrogen-bond acceptors (Lipinski definition) is 9. The van der Waals surface area contributed by atoms with E-state index in [1.807, 2.05) is 53.6 Å². The summed E-state index contributed by atoms with van der Waals surface area (Å²) in [7, 11) is 0. The fourth-order valence-electron chi connectivity index (χ4n) is 4.43. The van der Waals surface area contributed by atoms with E-state index in [0.717, 1.165) is 47.2 Å². The Kier molecular flexibility index (Phi) is 9.90. The number of piperazine rings is 1. The second-order valence-corrected chi connectivity index (χ2v) is 9.40. The lowest BCUT2D eigenvalue weighted by Gasteiger charge is -2.36. The van der Waals surface area contributed by atoms with Crippen LogP contribution in [-0.4, -0.2) is 87.5 Å².